The van der Waals surface area contributed by atoms with Crippen molar-refractivity contribution in [2.24, 2.45) is 0 Å². The smallest absolute Gasteiger partial charge is 0.0674 e. The molecule has 5 heteroatoms. The molecule has 3 nitrogen and oxygen atoms in total. The van der Waals surface area contributed by atoms with Crippen molar-refractivity contribution in [3.05, 3.63) is 70.5 Å². The standard InChI is InChI=1S/C16H13Cl2N3/c17-14-4-5-16(18)12(6-14)9-21-10-13(8-20-21)11-2-1-3-15(19)7-11/h1-8,10H,9,19H2. The lowest BCUT2D eigenvalue weighted by Gasteiger charge is -2.05. The highest BCUT2D eigenvalue weighted by Crippen LogP contribution is 2.24. The van der Waals surface area contributed by atoms with Crippen LogP contribution in [0.2, 0.25) is 10.0 Å². The van der Waals surface area contributed by atoms with Crippen LogP contribution in [-0.4, -0.2) is 9.78 Å². The van der Waals surface area contributed by atoms with Crippen LogP contribution in [0.1, 0.15) is 5.56 Å². The van der Waals surface area contributed by atoms with Crippen molar-refractivity contribution >= 4 is 28.9 Å². The summed E-state index contributed by atoms with van der Waals surface area (Å²) in [4.78, 5) is 0. The van der Waals surface area contributed by atoms with Crippen LogP contribution in [0.15, 0.2) is 54.9 Å². The van der Waals surface area contributed by atoms with Crippen molar-refractivity contribution in [1.29, 1.82) is 0 Å². The predicted octanol–water partition coefficient (Wildman–Crippen LogP) is 4.49. The van der Waals surface area contributed by atoms with Gasteiger partial charge in [0.1, 0.15) is 0 Å². The number of nitrogens with two attached hydrogens (primary N) is 1. The average molecular weight is 318 g/mol. The molecule has 0 bridgehead atoms. The molecule has 3 rings (SSSR count). The molecule has 0 aliphatic carbocycles. The van der Waals surface area contributed by atoms with E-state index >= 15 is 0 Å². The molecule has 1 aromatic heterocycles. The van der Waals surface area contributed by atoms with Gasteiger partial charge in [0.05, 0.1) is 12.7 Å². The first-order valence-corrected chi connectivity index (χ1v) is 7.20. The van der Waals surface area contributed by atoms with E-state index in [0.717, 1.165) is 22.4 Å². The number of hydrogen-bond donors (Lipinski definition) is 1. The topological polar surface area (TPSA) is 43.8 Å². The van der Waals surface area contributed by atoms with E-state index in [2.05, 4.69) is 5.10 Å². The molecule has 0 fully saturated rings. The Morgan fingerprint density at radius 3 is 2.71 bits per heavy atom. The molecule has 0 unspecified atom stereocenters. The Morgan fingerprint density at radius 2 is 1.90 bits per heavy atom. The third-order valence-electron chi connectivity index (χ3n) is 3.19. The highest BCUT2D eigenvalue weighted by atomic mass is 35.5. The summed E-state index contributed by atoms with van der Waals surface area (Å²) in [5, 5.41) is 5.71. The first-order chi connectivity index (χ1) is 10.1. The highest BCUT2D eigenvalue weighted by molar-refractivity contribution is 6.33. The molecule has 0 amide bonds. The number of hydrogen-bond acceptors (Lipinski definition) is 2. The van der Waals surface area contributed by atoms with E-state index in [9.17, 15) is 0 Å². The number of halogens is 2. The number of rotatable bonds is 3. The minimum atomic E-state index is 0.571. The van der Waals surface area contributed by atoms with Crippen molar-refractivity contribution in [2.75, 3.05) is 5.73 Å². The number of benzene rings is 2. The maximum Gasteiger partial charge on any atom is 0.0674 e. The van der Waals surface area contributed by atoms with Gasteiger partial charge in [-0.2, -0.15) is 5.10 Å². The van der Waals surface area contributed by atoms with Crippen LogP contribution in [0.25, 0.3) is 11.1 Å². The number of nitrogens with zero attached hydrogens (tertiary/aromatic N) is 2. The minimum absolute atomic E-state index is 0.571. The van der Waals surface area contributed by atoms with Gasteiger partial charge in [-0.15, -0.1) is 0 Å². The van der Waals surface area contributed by atoms with Gasteiger partial charge in [0.25, 0.3) is 0 Å². The molecular weight excluding hydrogens is 305 g/mol. The van der Waals surface area contributed by atoms with E-state index in [-0.39, 0.29) is 0 Å². The lowest BCUT2D eigenvalue weighted by Crippen LogP contribution is -2.00. The van der Waals surface area contributed by atoms with Gasteiger partial charge in [-0.05, 0) is 41.5 Å². The Labute approximate surface area is 132 Å². The zero-order valence-electron chi connectivity index (χ0n) is 11.1. The van der Waals surface area contributed by atoms with Gasteiger partial charge in [-0.3, -0.25) is 4.68 Å². The van der Waals surface area contributed by atoms with Crippen LogP contribution in [0.5, 0.6) is 0 Å². The van der Waals surface area contributed by atoms with Gasteiger partial charge >= 0.3 is 0 Å². The monoisotopic (exact) mass is 317 g/mol. The van der Waals surface area contributed by atoms with Gasteiger partial charge in [-0.1, -0.05) is 35.3 Å². The zero-order valence-corrected chi connectivity index (χ0v) is 12.6. The first-order valence-electron chi connectivity index (χ1n) is 6.44. The summed E-state index contributed by atoms with van der Waals surface area (Å²) in [6.45, 7) is 0.571. The fourth-order valence-corrected chi connectivity index (χ4v) is 2.53. The summed E-state index contributed by atoms with van der Waals surface area (Å²) in [5.41, 5.74) is 9.53. The third kappa shape index (κ3) is 3.20. The highest BCUT2D eigenvalue weighted by Gasteiger charge is 2.06. The maximum absolute atomic E-state index is 6.17. The van der Waals surface area contributed by atoms with E-state index in [1.807, 2.05) is 47.4 Å². The molecule has 21 heavy (non-hydrogen) atoms. The number of aromatic nitrogens is 2. The summed E-state index contributed by atoms with van der Waals surface area (Å²) < 4.78 is 1.83. The fourth-order valence-electron chi connectivity index (χ4n) is 2.16. The Bertz CT molecular complexity index is 781. The molecule has 2 aromatic carbocycles. The summed E-state index contributed by atoms with van der Waals surface area (Å²) >= 11 is 12.2. The summed E-state index contributed by atoms with van der Waals surface area (Å²) in [5.74, 6) is 0. The minimum Gasteiger partial charge on any atom is -0.399 e. The molecule has 1 heterocycles. The van der Waals surface area contributed by atoms with Crippen LogP contribution in [0.3, 0.4) is 0 Å². The fraction of sp³-hybridized carbons (Fsp3) is 0.0625. The van der Waals surface area contributed by atoms with E-state index < -0.39 is 0 Å². The van der Waals surface area contributed by atoms with Gasteiger partial charge in [0, 0.05) is 27.5 Å². The van der Waals surface area contributed by atoms with E-state index in [1.54, 1.807) is 12.1 Å². The summed E-state index contributed by atoms with van der Waals surface area (Å²) in [6.07, 6.45) is 3.78. The molecule has 0 atom stereocenters. The molecule has 0 aliphatic heterocycles. The molecule has 2 N–H and O–H groups in total. The lowest BCUT2D eigenvalue weighted by molar-refractivity contribution is 0.687. The molecule has 3 aromatic rings. The van der Waals surface area contributed by atoms with Gasteiger partial charge < -0.3 is 5.73 Å². The molecule has 0 spiro atoms. The first kappa shape index (κ1) is 14.0. The third-order valence-corrected chi connectivity index (χ3v) is 3.80. The average Bonchev–Trinajstić information content (AvgIpc) is 2.91. The largest absolute Gasteiger partial charge is 0.399 e. The van der Waals surface area contributed by atoms with Gasteiger partial charge in [0.2, 0.25) is 0 Å². The van der Waals surface area contributed by atoms with Crippen LogP contribution < -0.4 is 5.73 Å². The number of nitrogen functional groups attached to an aromatic ring is 1. The Morgan fingerprint density at radius 1 is 1.05 bits per heavy atom. The van der Waals surface area contributed by atoms with E-state index in [0.29, 0.717) is 16.6 Å². The quantitative estimate of drug-likeness (QED) is 0.723. The van der Waals surface area contributed by atoms with Crippen molar-refractivity contribution < 1.29 is 0 Å². The van der Waals surface area contributed by atoms with Crippen LogP contribution in [0.4, 0.5) is 5.69 Å². The van der Waals surface area contributed by atoms with Crippen molar-refractivity contribution in [1.82, 2.24) is 9.78 Å². The molecule has 0 radical (unpaired) electrons. The van der Waals surface area contributed by atoms with Crippen LogP contribution in [-0.2, 0) is 6.54 Å². The maximum atomic E-state index is 6.17. The molecule has 0 aliphatic rings. The molecule has 0 saturated carbocycles. The second-order valence-corrected chi connectivity index (χ2v) is 5.63. The molecule has 106 valence electrons. The van der Waals surface area contributed by atoms with E-state index in [1.165, 1.54) is 0 Å². The predicted molar refractivity (Wildman–Crippen MR) is 87.6 cm³/mol. The number of anilines is 1. The second-order valence-electron chi connectivity index (χ2n) is 4.79. The molecule has 0 saturated heterocycles. The lowest BCUT2D eigenvalue weighted by atomic mass is 10.1. The molecular formula is C16H13Cl2N3. The Kier molecular flexibility index (Phi) is 3.86. The van der Waals surface area contributed by atoms with Crippen LogP contribution >= 0.6 is 23.2 Å². The van der Waals surface area contributed by atoms with Crippen molar-refractivity contribution in [2.45, 2.75) is 6.54 Å². The normalized spacial score (nSPS) is 10.8. The summed E-state index contributed by atoms with van der Waals surface area (Å²) in [6, 6.07) is 13.1. The van der Waals surface area contributed by atoms with Crippen LogP contribution in [0, 0.1) is 0 Å². The zero-order chi connectivity index (χ0) is 14.8. The van der Waals surface area contributed by atoms with Gasteiger partial charge in [-0.25, -0.2) is 0 Å². The Balaban J connectivity index is 1.87. The van der Waals surface area contributed by atoms with Crippen molar-refractivity contribution in [3.8, 4) is 11.1 Å². The van der Waals surface area contributed by atoms with Crippen molar-refractivity contribution in [3.63, 3.8) is 0 Å². The van der Waals surface area contributed by atoms with Gasteiger partial charge in [0.15, 0.2) is 0 Å². The summed E-state index contributed by atoms with van der Waals surface area (Å²) in [7, 11) is 0. The Hall–Kier alpha value is -1.97. The second kappa shape index (κ2) is 5.80. The SMILES string of the molecule is Nc1cccc(-c2cnn(Cc3cc(Cl)ccc3Cl)c2)c1. The van der Waals surface area contributed by atoms with E-state index in [4.69, 9.17) is 28.9 Å².